The Labute approximate surface area is 77.2 Å². The van der Waals surface area contributed by atoms with Crippen LogP contribution in [0.3, 0.4) is 0 Å². The first-order valence-corrected chi connectivity index (χ1v) is 4.62. The molecule has 0 saturated heterocycles. The molecule has 1 fully saturated rings. The maximum absolute atomic E-state index is 13.0. The molecule has 1 saturated carbocycles. The quantitative estimate of drug-likeness (QED) is 0.741. The van der Waals surface area contributed by atoms with Crippen LogP contribution in [0.25, 0.3) is 0 Å². The van der Waals surface area contributed by atoms with Crippen molar-refractivity contribution in [1.82, 2.24) is 0 Å². The highest BCUT2D eigenvalue weighted by molar-refractivity contribution is 5.26. The van der Waals surface area contributed by atoms with Crippen LogP contribution in [0.1, 0.15) is 30.1 Å². The van der Waals surface area contributed by atoms with Crippen LogP contribution < -0.4 is 0 Å². The van der Waals surface area contributed by atoms with Gasteiger partial charge >= 0.3 is 0 Å². The number of aryl methyl sites for hydroxylation is 1. The van der Waals surface area contributed by atoms with Gasteiger partial charge in [0.2, 0.25) is 0 Å². The Bertz CT molecular complexity index is 298. The molecular formula is C11H13FO. The van der Waals surface area contributed by atoms with Gasteiger partial charge in [0.15, 0.2) is 0 Å². The molecular weight excluding hydrogens is 167 g/mol. The van der Waals surface area contributed by atoms with Gasteiger partial charge in [0.05, 0.1) is 6.10 Å². The van der Waals surface area contributed by atoms with Crippen molar-refractivity contribution < 1.29 is 9.50 Å². The Morgan fingerprint density at radius 1 is 1.38 bits per heavy atom. The van der Waals surface area contributed by atoms with Crippen molar-refractivity contribution in [3.63, 3.8) is 0 Å². The van der Waals surface area contributed by atoms with Crippen LogP contribution >= 0.6 is 0 Å². The molecule has 1 N–H and O–H groups in total. The van der Waals surface area contributed by atoms with Gasteiger partial charge in [-0.1, -0.05) is 6.07 Å². The van der Waals surface area contributed by atoms with E-state index in [1.807, 2.05) is 13.0 Å². The number of aliphatic hydroxyl groups excluding tert-OH is 1. The van der Waals surface area contributed by atoms with Gasteiger partial charge in [0, 0.05) is 0 Å². The summed E-state index contributed by atoms with van der Waals surface area (Å²) in [6.07, 6.45) is 1.67. The van der Waals surface area contributed by atoms with Gasteiger partial charge < -0.3 is 5.11 Å². The third-order valence-electron chi connectivity index (χ3n) is 2.47. The van der Waals surface area contributed by atoms with E-state index in [0.29, 0.717) is 5.92 Å². The number of hydrogen-bond acceptors (Lipinski definition) is 1. The van der Waals surface area contributed by atoms with E-state index in [1.165, 1.54) is 12.1 Å². The molecule has 1 aliphatic carbocycles. The summed E-state index contributed by atoms with van der Waals surface area (Å²) in [5.74, 6) is 0.107. The smallest absolute Gasteiger partial charge is 0.123 e. The maximum Gasteiger partial charge on any atom is 0.123 e. The molecule has 1 unspecified atom stereocenters. The van der Waals surface area contributed by atoms with Crippen LogP contribution in [0, 0.1) is 18.7 Å². The molecule has 0 aromatic heterocycles. The molecule has 2 heteroatoms. The molecule has 1 aromatic rings. The van der Waals surface area contributed by atoms with Gasteiger partial charge in [-0.15, -0.1) is 0 Å². The molecule has 2 rings (SSSR count). The molecule has 0 bridgehead atoms. The lowest BCUT2D eigenvalue weighted by Crippen LogP contribution is -2.00. The summed E-state index contributed by atoms with van der Waals surface area (Å²) in [4.78, 5) is 0. The Balaban J connectivity index is 2.27. The molecule has 13 heavy (non-hydrogen) atoms. The van der Waals surface area contributed by atoms with Crippen LogP contribution in [-0.4, -0.2) is 5.11 Å². The highest BCUT2D eigenvalue weighted by atomic mass is 19.1. The maximum atomic E-state index is 13.0. The van der Waals surface area contributed by atoms with E-state index < -0.39 is 6.10 Å². The predicted molar refractivity (Wildman–Crippen MR) is 48.8 cm³/mol. The summed E-state index contributed by atoms with van der Waals surface area (Å²) < 4.78 is 13.0. The van der Waals surface area contributed by atoms with Crippen LogP contribution in [-0.2, 0) is 0 Å². The number of rotatable bonds is 2. The van der Waals surface area contributed by atoms with E-state index in [9.17, 15) is 9.50 Å². The van der Waals surface area contributed by atoms with Crippen molar-refractivity contribution in [3.05, 3.63) is 35.1 Å². The van der Waals surface area contributed by atoms with E-state index in [2.05, 4.69) is 0 Å². The second-order valence-electron chi connectivity index (χ2n) is 3.84. The Kier molecular flexibility index (Phi) is 2.08. The van der Waals surface area contributed by atoms with E-state index >= 15 is 0 Å². The summed E-state index contributed by atoms with van der Waals surface area (Å²) in [6.45, 7) is 1.84. The van der Waals surface area contributed by atoms with Crippen LogP contribution in [0.4, 0.5) is 4.39 Å². The minimum absolute atomic E-state index is 0.255. The van der Waals surface area contributed by atoms with E-state index in [1.54, 1.807) is 0 Å². The minimum Gasteiger partial charge on any atom is -0.388 e. The highest BCUT2D eigenvalue weighted by Gasteiger charge is 2.30. The van der Waals surface area contributed by atoms with Crippen molar-refractivity contribution in [1.29, 1.82) is 0 Å². The lowest BCUT2D eigenvalue weighted by molar-refractivity contribution is 0.153. The Hall–Kier alpha value is -0.890. The van der Waals surface area contributed by atoms with Gasteiger partial charge in [-0.05, 0) is 48.9 Å². The lowest BCUT2D eigenvalue weighted by atomic mass is 10.0. The average Bonchev–Trinajstić information content (AvgIpc) is 2.83. The largest absolute Gasteiger partial charge is 0.388 e. The number of aliphatic hydroxyl groups is 1. The number of hydrogen-bond donors (Lipinski definition) is 1. The summed E-state index contributed by atoms with van der Waals surface area (Å²) in [5.41, 5.74) is 1.59. The molecule has 0 spiro atoms. The van der Waals surface area contributed by atoms with Gasteiger partial charge in [-0.25, -0.2) is 4.39 Å². The fraction of sp³-hybridized carbons (Fsp3) is 0.455. The number of halogens is 1. The van der Waals surface area contributed by atoms with Gasteiger partial charge in [-0.3, -0.25) is 0 Å². The summed E-state index contributed by atoms with van der Waals surface area (Å²) in [6, 6.07) is 4.76. The molecule has 1 aliphatic rings. The highest BCUT2D eigenvalue weighted by Crippen LogP contribution is 2.41. The third kappa shape index (κ3) is 1.89. The van der Waals surface area contributed by atoms with Crippen molar-refractivity contribution in [2.24, 2.45) is 5.92 Å². The van der Waals surface area contributed by atoms with Gasteiger partial charge in [0.1, 0.15) is 5.82 Å². The third-order valence-corrected chi connectivity index (χ3v) is 2.47. The lowest BCUT2D eigenvalue weighted by Gasteiger charge is -2.10. The zero-order chi connectivity index (χ0) is 9.42. The van der Waals surface area contributed by atoms with Crippen LogP contribution in [0.5, 0.6) is 0 Å². The minimum atomic E-state index is -0.464. The molecule has 0 radical (unpaired) electrons. The Morgan fingerprint density at radius 2 is 2.08 bits per heavy atom. The molecule has 0 aliphatic heterocycles. The van der Waals surface area contributed by atoms with E-state index in [-0.39, 0.29) is 5.82 Å². The van der Waals surface area contributed by atoms with E-state index in [0.717, 1.165) is 24.0 Å². The number of benzene rings is 1. The molecule has 70 valence electrons. The van der Waals surface area contributed by atoms with Crippen molar-refractivity contribution >= 4 is 0 Å². The zero-order valence-electron chi connectivity index (χ0n) is 7.63. The molecule has 1 aromatic carbocycles. The normalized spacial score (nSPS) is 18.7. The average molecular weight is 180 g/mol. The first-order chi connectivity index (χ1) is 6.16. The van der Waals surface area contributed by atoms with Gasteiger partial charge in [0.25, 0.3) is 0 Å². The predicted octanol–water partition coefficient (Wildman–Crippen LogP) is 2.58. The van der Waals surface area contributed by atoms with Crippen LogP contribution in [0.2, 0.25) is 0 Å². The van der Waals surface area contributed by atoms with E-state index in [4.69, 9.17) is 0 Å². The Morgan fingerprint density at radius 3 is 2.62 bits per heavy atom. The first kappa shape index (κ1) is 8.70. The van der Waals surface area contributed by atoms with Crippen molar-refractivity contribution in [2.45, 2.75) is 25.9 Å². The molecule has 0 heterocycles. The molecule has 0 amide bonds. The SMILES string of the molecule is Cc1cc(F)cc(C(O)C2CC2)c1. The summed E-state index contributed by atoms with van der Waals surface area (Å²) >= 11 is 0. The van der Waals surface area contributed by atoms with Crippen LogP contribution in [0.15, 0.2) is 18.2 Å². The first-order valence-electron chi connectivity index (χ1n) is 4.62. The second-order valence-corrected chi connectivity index (χ2v) is 3.84. The standard InChI is InChI=1S/C11H13FO/c1-7-4-9(6-10(12)5-7)11(13)8-2-3-8/h4-6,8,11,13H,2-3H2,1H3. The zero-order valence-corrected chi connectivity index (χ0v) is 7.63. The molecule has 1 atom stereocenters. The topological polar surface area (TPSA) is 20.2 Å². The van der Waals surface area contributed by atoms with Crippen molar-refractivity contribution in [3.8, 4) is 0 Å². The summed E-state index contributed by atoms with van der Waals surface area (Å²) in [7, 11) is 0. The summed E-state index contributed by atoms with van der Waals surface area (Å²) in [5, 5.41) is 9.74. The van der Waals surface area contributed by atoms with Gasteiger partial charge in [-0.2, -0.15) is 0 Å². The van der Waals surface area contributed by atoms with Crippen molar-refractivity contribution in [2.75, 3.05) is 0 Å². The fourth-order valence-corrected chi connectivity index (χ4v) is 1.62. The fourth-order valence-electron chi connectivity index (χ4n) is 1.62. The molecule has 1 nitrogen and oxygen atoms in total. The monoisotopic (exact) mass is 180 g/mol. The second kappa shape index (κ2) is 3.11.